The zero-order valence-corrected chi connectivity index (χ0v) is 11.8. The number of nitrogens with one attached hydrogen (secondary N) is 1. The van der Waals surface area contributed by atoms with Crippen molar-refractivity contribution >= 4 is 22.0 Å². The van der Waals surface area contributed by atoms with E-state index in [0.29, 0.717) is 13.0 Å². The number of aliphatic hydroxyl groups excluding tert-OH is 1. The molecule has 0 saturated carbocycles. The first-order valence-corrected chi connectivity index (χ1v) is 8.23. The van der Waals surface area contributed by atoms with Crippen molar-refractivity contribution in [2.75, 3.05) is 32.0 Å². The Morgan fingerprint density at radius 3 is 2.68 bits per heavy atom. The van der Waals surface area contributed by atoms with E-state index in [4.69, 9.17) is 5.11 Å². The van der Waals surface area contributed by atoms with Crippen LogP contribution < -0.4 is 4.72 Å². The molecule has 1 rings (SSSR count). The summed E-state index contributed by atoms with van der Waals surface area (Å²) in [5, 5.41) is 9.01. The lowest BCUT2D eigenvalue weighted by Gasteiger charge is -2.30. The summed E-state index contributed by atoms with van der Waals surface area (Å²) >= 11 is -0.259. The Hall–Kier alpha value is -0.0300. The van der Waals surface area contributed by atoms with Gasteiger partial charge < -0.3 is 5.11 Å². The lowest BCUT2D eigenvalue weighted by Crippen LogP contribution is -2.47. The molecule has 0 aromatic heterocycles. The van der Waals surface area contributed by atoms with Gasteiger partial charge in [0.25, 0.3) is 10.2 Å². The van der Waals surface area contributed by atoms with Gasteiger partial charge in [-0.05, 0) is 30.5 Å². The fourth-order valence-corrected chi connectivity index (χ4v) is 3.71. The number of aliphatic hydroxyl groups is 1. The Morgan fingerprint density at radius 1 is 1.42 bits per heavy atom. The van der Waals surface area contributed by atoms with Crippen LogP contribution >= 0.6 is 11.8 Å². The molecule has 1 saturated heterocycles. The maximum atomic E-state index is 11.9. The van der Waals surface area contributed by atoms with Gasteiger partial charge in [-0.15, -0.1) is 0 Å². The van der Waals surface area contributed by atoms with Crippen LogP contribution in [0.4, 0.5) is 13.2 Å². The molecule has 0 radical (unpaired) electrons. The van der Waals surface area contributed by atoms with Crippen molar-refractivity contribution in [3.8, 4) is 0 Å². The molecule has 0 amide bonds. The van der Waals surface area contributed by atoms with Gasteiger partial charge in [0.15, 0.2) is 0 Å². The van der Waals surface area contributed by atoms with E-state index in [-0.39, 0.29) is 43.1 Å². The fraction of sp³-hybridized carbons (Fsp3) is 1.00. The maximum absolute atomic E-state index is 11.9. The lowest BCUT2D eigenvalue weighted by molar-refractivity contribution is -0.0327. The van der Waals surface area contributed by atoms with E-state index < -0.39 is 15.7 Å². The summed E-state index contributed by atoms with van der Waals surface area (Å²) in [5.74, 6) is -0.463. The third-order valence-corrected chi connectivity index (χ3v) is 5.05. The zero-order chi connectivity index (χ0) is 14.5. The van der Waals surface area contributed by atoms with Crippen molar-refractivity contribution in [3.63, 3.8) is 0 Å². The highest BCUT2D eigenvalue weighted by atomic mass is 32.2. The van der Waals surface area contributed by atoms with Crippen molar-refractivity contribution in [2.45, 2.75) is 18.3 Å². The summed E-state index contributed by atoms with van der Waals surface area (Å²) in [6.07, 6.45) is 1.40. The molecule has 1 aliphatic rings. The van der Waals surface area contributed by atoms with Crippen LogP contribution in [0.15, 0.2) is 0 Å². The van der Waals surface area contributed by atoms with Crippen LogP contribution in [0.3, 0.4) is 0 Å². The molecule has 0 bridgehead atoms. The standard InChI is InChI=1S/C9H17F3N2O3S2/c10-9(11,12)18-5-3-13-19(16,17)14-4-1-2-8(6-14)7-15/h8,13,15H,1-7H2. The van der Waals surface area contributed by atoms with E-state index >= 15 is 0 Å². The molecule has 1 aliphatic heterocycles. The topological polar surface area (TPSA) is 69.6 Å². The van der Waals surface area contributed by atoms with E-state index in [1.165, 1.54) is 4.31 Å². The summed E-state index contributed by atoms with van der Waals surface area (Å²) < 4.78 is 62.6. The summed E-state index contributed by atoms with van der Waals surface area (Å²) in [4.78, 5) is 0. The highest BCUT2D eigenvalue weighted by molar-refractivity contribution is 8.00. The van der Waals surface area contributed by atoms with Gasteiger partial charge in [-0.1, -0.05) is 0 Å². The van der Waals surface area contributed by atoms with Gasteiger partial charge >= 0.3 is 5.51 Å². The molecule has 5 nitrogen and oxygen atoms in total. The Kier molecular flexibility index (Phi) is 6.37. The van der Waals surface area contributed by atoms with Crippen molar-refractivity contribution in [2.24, 2.45) is 5.92 Å². The predicted molar refractivity (Wildman–Crippen MR) is 66.8 cm³/mol. The molecule has 1 fully saturated rings. The first-order valence-electron chi connectivity index (χ1n) is 5.81. The number of alkyl halides is 3. The highest BCUT2D eigenvalue weighted by Gasteiger charge is 2.30. The molecular weight excluding hydrogens is 305 g/mol. The van der Waals surface area contributed by atoms with Crippen LogP contribution in [-0.2, 0) is 10.2 Å². The van der Waals surface area contributed by atoms with Crippen molar-refractivity contribution in [1.82, 2.24) is 9.03 Å². The van der Waals surface area contributed by atoms with Crippen LogP contribution in [0.2, 0.25) is 0 Å². The van der Waals surface area contributed by atoms with Gasteiger partial charge in [0.2, 0.25) is 0 Å². The van der Waals surface area contributed by atoms with Crippen molar-refractivity contribution in [1.29, 1.82) is 0 Å². The molecule has 2 N–H and O–H groups in total. The first-order chi connectivity index (χ1) is 8.74. The van der Waals surface area contributed by atoms with E-state index in [1.807, 2.05) is 0 Å². The minimum Gasteiger partial charge on any atom is -0.396 e. The van der Waals surface area contributed by atoms with Gasteiger partial charge in [0.1, 0.15) is 0 Å². The average molecular weight is 322 g/mol. The Balaban J connectivity index is 2.38. The minimum atomic E-state index is -4.35. The van der Waals surface area contributed by atoms with E-state index in [0.717, 1.165) is 6.42 Å². The molecule has 1 atom stereocenters. The normalized spacial score (nSPS) is 22.6. The summed E-state index contributed by atoms with van der Waals surface area (Å²) in [5.41, 5.74) is -4.35. The maximum Gasteiger partial charge on any atom is 0.441 e. The average Bonchev–Trinajstić information content (AvgIpc) is 2.34. The van der Waals surface area contributed by atoms with Crippen LogP contribution in [-0.4, -0.2) is 55.3 Å². The van der Waals surface area contributed by atoms with Gasteiger partial charge in [-0.25, -0.2) is 4.72 Å². The lowest BCUT2D eigenvalue weighted by atomic mass is 10.0. The van der Waals surface area contributed by atoms with Crippen LogP contribution in [0.1, 0.15) is 12.8 Å². The van der Waals surface area contributed by atoms with Gasteiger partial charge in [0, 0.05) is 32.0 Å². The van der Waals surface area contributed by atoms with Crippen LogP contribution in [0, 0.1) is 5.92 Å². The molecule has 0 spiro atoms. The second-order valence-corrected chi connectivity index (χ2v) is 7.16. The molecule has 19 heavy (non-hydrogen) atoms. The third-order valence-electron chi connectivity index (χ3n) is 2.73. The SMILES string of the molecule is O=S(=O)(NCCSC(F)(F)F)N1CCCC(CO)C1. The molecule has 1 unspecified atom stereocenters. The number of piperidine rings is 1. The highest BCUT2D eigenvalue weighted by Crippen LogP contribution is 2.29. The largest absolute Gasteiger partial charge is 0.441 e. The van der Waals surface area contributed by atoms with E-state index in [1.54, 1.807) is 0 Å². The number of hydrogen-bond donors (Lipinski definition) is 2. The number of nitrogens with zero attached hydrogens (tertiary/aromatic N) is 1. The first kappa shape index (κ1) is 17.0. The number of hydrogen-bond acceptors (Lipinski definition) is 4. The quantitative estimate of drug-likeness (QED) is 0.709. The Bertz CT molecular complexity index is 375. The molecule has 114 valence electrons. The minimum absolute atomic E-state index is 0.0874. The van der Waals surface area contributed by atoms with Gasteiger partial charge in [-0.3, -0.25) is 0 Å². The number of thioether (sulfide) groups is 1. The zero-order valence-electron chi connectivity index (χ0n) is 10.2. The van der Waals surface area contributed by atoms with E-state index in [9.17, 15) is 21.6 Å². The summed E-state index contributed by atoms with van der Waals surface area (Å²) in [7, 11) is -3.75. The molecule has 0 aliphatic carbocycles. The van der Waals surface area contributed by atoms with Gasteiger partial charge in [-0.2, -0.15) is 25.9 Å². The number of rotatable bonds is 6. The fourth-order valence-electron chi connectivity index (χ4n) is 1.82. The van der Waals surface area contributed by atoms with Crippen LogP contribution in [0.25, 0.3) is 0 Å². The Labute approximate surface area is 114 Å². The summed E-state index contributed by atoms with van der Waals surface area (Å²) in [6, 6.07) is 0. The monoisotopic (exact) mass is 322 g/mol. The van der Waals surface area contributed by atoms with Gasteiger partial charge in [0.05, 0.1) is 0 Å². The van der Waals surface area contributed by atoms with E-state index in [2.05, 4.69) is 4.72 Å². The van der Waals surface area contributed by atoms with Crippen molar-refractivity contribution in [3.05, 3.63) is 0 Å². The third kappa shape index (κ3) is 6.30. The molecular formula is C9H17F3N2O3S2. The second-order valence-electron chi connectivity index (χ2n) is 4.24. The molecule has 0 aromatic carbocycles. The second kappa shape index (κ2) is 7.11. The number of halogens is 3. The molecule has 10 heteroatoms. The molecule has 1 heterocycles. The smallest absolute Gasteiger partial charge is 0.396 e. The summed E-state index contributed by atoms with van der Waals surface area (Å²) in [6.45, 7) is 0.180. The van der Waals surface area contributed by atoms with Crippen molar-refractivity contribution < 1.29 is 26.7 Å². The predicted octanol–water partition coefficient (Wildman–Crippen LogP) is 0.778. The van der Waals surface area contributed by atoms with Crippen LogP contribution in [0.5, 0.6) is 0 Å². The Morgan fingerprint density at radius 2 is 2.11 bits per heavy atom. The molecule has 0 aromatic rings.